The average molecular weight is 688 g/mol. The number of allylic oxidation sites excluding steroid dienone is 3. The fourth-order valence-electron chi connectivity index (χ4n) is 5.29. The summed E-state index contributed by atoms with van der Waals surface area (Å²) in [5, 5.41) is 13.7. The highest BCUT2D eigenvalue weighted by molar-refractivity contribution is 7.47. The van der Waals surface area contributed by atoms with Crippen LogP contribution in [0.4, 0.5) is 0 Å². The quantitative estimate of drug-likeness (QED) is 0.0269. The summed E-state index contributed by atoms with van der Waals surface area (Å²) < 4.78 is 23.4. The number of amides is 1. The second-order valence-electron chi connectivity index (χ2n) is 14.3. The van der Waals surface area contributed by atoms with Gasteiger partial charge in [-0.2, -0.15) is 0 Å². The van der Waals surface area contributed by atoms with Crippen molar-refractivity contribution in [2.45, 2.75) is 174 Å². The Morgan fingerprint density at radius 3 is 1.70 bits per heavy atom. The standard InChI is InChI=1S/C38H75N2O6P/c1-6-8-10-12-14-16-18-20-21-23-25-27-29-31-37(41)36(35-46-47(43,44)45-34-33-40(3,4)5)39-38(42)32-30-28-26-24-22-19-17-15-13-11-9-7-2/h21,23,29,31,36-37,41H,6-20,22,24-28,30,32-35H2,1-5H3,(H-,39,42,43,44)/p+1/b23-21+,31-29+/t36-,37+/m0/s1. The van der Waals surface area contributed by atoms with E-state index in [2.05, 4.69) is 31.3 Å². The van der Waals surface area contributed by atoms with Crippen molar-refractivity contribution in [2.75, 3.05) is 40.9 Å². The SMILES string of the molecule is CCCCCCCCC/C=C/CC/C=C/[C@@H](O)[C@H](COP(=O)(O)OCC[N+](C)(C)C)NC(=O)CCCCCCCCCCCCCC. The Balaban J connectivity index is 4.59. The van der Waals surface area contributed by atoms with Crippen LogP contribution in [-0.2, 0) is 18.4 Å². The maximum absolute atomic E-state index is 12.8. The summed E-state index contributed by atoms with van der Waals surface area (Å²) in [5.74, 6) is -0.190. The van der Waals surface area contributed by atoms with E-state index < -0.39 is 20.0 Å². The number of aliphatic hydroxyl groups is 1. The number of rotatable bonds is 34. The zero-order valence-corrected chi connectivity index (χ0v) is 32.2. The van der Waals surface area contributed by atoms with Crippen LogP contribution < -0.4 is 5.32 Å². The number of hydrogen-bond donors (Lipinski definition) is 3. The fourth-order valence-corrected chi connectivity index (χ4v) is 6.03. The monoisotopic (exact) mass is 688 g/mol. The van der Waals surface area contributed by atoms with Crippen molar-refractivity contribution in [1.29, 1.82) is 0 Å². The summed E-state index contributed by atoms with van der Waals surface area (Å²) in [5.41, 5.74) is 0. The summed E-state index contributed by atoms with van der Waals surface area (Å²) in [6, 6.07) is -0.855. The number of unbranched alkanes of at least 4 members (excludes halogenated alkanes) is 19. The van der Waals surface area contributed by atoms with Crippen LogP contribution in [0.15, 0.2) is 24.3 Å². The number of carbonyl (C=O) groups is 1. The van der Waals surface area contributed by atoms with Crippen LogP contribution in [0.3, 0.4) is 0 Å². The molecule has 0 bridgehead atoms. The summed E-state index contributed by atoms with van der Waals surface area (Å²) in [6.45, 7) is 4.76. The third-order valence-corrected chi connectivity index (χ3v) is 9.41. The molecule has 1 amide bonds. The van der Waals surface area contributed by atoms with Gasteiger partial charge in [-0.3, -0.25) is 13.8 Å². The Morgan fingerprint density at radius 2 is 1.17 bits per heavy atom. The minimum absolute atomic E-state index is 0.0577. The predicted molar refractivity (Wildman–Crippen MR) is 198 cm³/mol. The summed E-state index contributed by atoms with van der Waals surface area (Å²) >= 11 is 0. The van der Waals surface area contributed by atoms with Crippen LogP contribution in [0, 0.1) is 0 Å². The van der Waals surface area contributed by atoms with Gasteiger partial charge < -0.3 is 19.8 Å². The van der Waals surface area contributed by atoms with Gasteiger partial charge in [-0.05, 0) is 32.1 Å². The fraction of sp³-hybridized carbons (Fsp3) is 0.868. The predicted octanol–water partition coefficient (Wildman–Crippen LogP) is 9.80. The lowest BCUT2D eigenvalue weighted by Crippen LogP contribution is -2.45. The highest BCUT2D eigenvalue weighted by Crippen LogP contribution is 2.43. The topological polar surface area (TPSA) is 105 Å². The van der Waals surface area contributed by atoms with Crippen LogP contribution in [0.1, 0.15) is 162 Å². The van der Waals surface area contributed by atoms with Crippen LogP contribution in [0.2, 0.25) is 0 Å². The number of aliphatic hydroxyl groups excluding tert-OH is 1. The van der Waals surface area contributed by atoms with E-state index >= 15 is 0 Å². The van der Waals surface area contributed by atoms with Gasteiger partial charge >= 0.3 is 7.82 Å². The lowest BCUT2D eigenvalue weighted by Gasteiger charge is -2.25. The van der Waals surface area contributed by atoms with E-state index in [1.165, 1.54) is 103 Å². The van der Waals surface area contributed by atoms with Gasteiger partial charge in [-0.25, -0.2) is 4.57 Å². The molecule has 0 radical (unpaired) electrons. The Morgan fingerprint density at radius 1 is 0.702 bits per heavy atom. The van der Waals surface area contributed by atoms with E-state index in [1.807, 2.05) is 27.2 Å². The Kier molecular flexibility index (Phi) is 30.3. The number of nitrogens with zero attached hydrogens (tertiary/aromatic N) is 1. The lowest BCUT2D eigenvalue weighted by atomic mass is 10.0. The van der Waals surface area contributed by atoms with Crippen LogP contribution >= 0.6 is 7.82 Å². The highest BCUT2D eigenvalue weighted by atomic mass is 31.2. The first-order valence-corrected chi connectivity index (χ1v) is 20.7. The number of phosphoric acid groups is 1. The average Bonchev–Trinajstić information content (AvgIpc) is 3.01. The molecule has 278 valence electrons. The zero-order valence-electron chi connectivity index (χ0n) is 31.3. The second kappa shape index (κ2) is 31.0. The Labute approximate surface area is 290 Å². The molecule has 0 fully saturated rings. The molecule has 1 unspecified atom stereocenters. The van der Waals surface area contributed by atoms with E-state index in [9.17, 15) is 19.4 Å². The molecule has 0 spiro atoms. The molecule has 8 nitrogen and oxygen atoms in total. The molecule has 0 aliphatic rings. The van der Waals surface area contributed by atoms with E-state index in [0.29, 0.717) is 17.4 Å². The maximum atomic E-state index is 12.8. The second-order valence-corrected chi connectivity index (χ2v) is 15.8. The molecule has 47 heavy (non-hydrogen) atoms. The van der Waals surface area contributed by atoms with Gasteiger partial charge in [0, 0.05) is 6.42 Å². The van der Waals surface area contributed by atoms with Crippen molar-refractivity contribution in [2.24, 2.45) is 0 Å². The van der Waals surface area contributed by atoms with E-state index in [-0.39, 0.29) is 19.1 Å². The van der Waals surface area contributed by atoms with Crippen molar-refractivity contribution in [3.63, 3.8) is 0 Å². The van der Waals surface area contributed by atoms with Crippen molar-refractivity contribution < 1.29 is 32.9 Å². The smallest absolute Gasteiger partial charge is 0.387 e. The van der Waals surface area contributed by atoms with Gasteiger partial charge in [0.15, 0.2) is 0 Å². The van der Waals surface area contributed by atoms with Crippen molar-refractivity contribution in [3.8, 4) is 0 Å². The normalized spacial score (nSPS) is 15.0. The van der Waals surface area contributed by atoms with E-state index in [0.717, 1.165) is 38.5 Å². The third-order valence-electron chi connectivity index (χ3n) is 8.42. The molecular formula is C38H76N2O6P+. The van der Waals surface area contributed by atoms with Crippen LogP contribution in [-0.4, -0.2) is 73.4 Å². The molecule has 0 aromatic heterocycles. The van der Waals surface area contributed by atoms with Gasteiger partial charge in [0.1, 0.15) is 13.2 Å². The molecule has 0 aliphatic carbocycles. The largest absolute Gasteiger partial charge is 0.472 e. The third kappa shape index (κ3) is 33.3. The molecule has 0 rings (SSSR count). The summed E-state index contributed by atoms with van der Waals surface area (Å²) in [7, 11) is 1.55. The number of hydrogen-bond acceptors (Lipinski definition) is 5. The van der Waals surface area contributed by atoms with Crippen molar-refractivity contribution in [3.05, 3.63) is 24.3 Å². The zero-order chi connectivity index (χ0) is 35.1. The molecule has 0 aromatic rings. The molecule has 0 saturated heterocycles. The first kappa shape index (κ1) is 46.0. The van der Waals surface area contributed by atoms with Crippen LogP contribution in [0.5, 0.6) is 0 Å². The molecule has 0 heterocycles. The summed E-state index contributed by atoms with van der Waals surface area (Å²) in [6.07, 6.45) is 33.8. The van der Waals surface area contributed by atoms with Crippen molar-refractivity contribution >= 4 is 13.7 Å². The number of quaternary nitrogens is 1. The Hall–Kier alpha value is -1.02. The molecule has 0 saturated carbocycles. The van der Waals surface area contributed by atoms with E-state index in [1.54, 1.807) is 6.08 Å². The molecule has 9 heteroatoms. The van der Waals surface area contributed by atoms with Gasteiger partial charge in [-0.1, -0.05) is 147 Å². The number of carbonyl (C=O) groups excluding carboxylic acids is 1. The van der Waals surface area contributed by atoms with Gasteiger partial charge in [-0.15, -0.1) is 0 Å². The molecule has 0 aromatic carbocycles. The first-order chi connectivity index (χ1) is 22.5. The number of phosphoric ester groups is 1. The number of nitrogens with one attached hydrogen (secondary N) is 1. The maximum Gasteiger partial charge on any atom is 0.472 e. The van der Waals surface area contributed by atoms with Gasteiger partial charge in [0.05, 0.1) is 39.9 Å². The molecular weight excluding hydrogens is 611 g/mol. The minimum Gasteiger partial charge on any atom is -0.387 e. The lowest BCUT2D eigenvalue weighted by molar-refractivity contribution is -0.870. The molecule has 3 N–H and O–H groups in total. The molecule has 3 atom stereocenters. The van der Waals surface area contributed by atoms with Crippen LogP contribution in [0.25, 0.3) is 0 Å². The summed E-state index contributed by atoms with van der Waals surface area (Å²) in [4.78, 5) is 22.9. The van der Waals surface area contributed by atoms with Gasteiger partial charge in [0.25, 0.3) is 0 Å². The number of likely N-dealkylation sites (N-methyl/N-ethyl adjacent to an activating group) is 1. The highest BCUT2D eigenvalue weighted by Gasteiger charge is 2.27. The Bertz CT molecular complexity index is 829. The van der Waals surface area contributed by atoms with Gasteiger partial charge in [0.2, 0.25) is 5.91 Å². The first-order valence-electron chi connectivity index (χ1n) is 19.2. The van der Waals surface area contributed by atoms with Crippen molar-refractivity contribution in [1.82, 2.24) is 5.32 Å². The molecule has 0 aliphatic heterocycles. The minimum atomic E-state index is -4.33. The van der Waals surface area contributed by atoms with E-state index in [4.69, 9.17) is 9.05 Å².